The van der Waals surface area contributed by atoms with E-state index in [-0.39, 0.29) is 0 Å². The van der Waals surface area contributed by atoms with Gasteiger partial charge in [0.2, 0.25) is 0 Å². The molecule has 3 rings (SSSR count). The van der Waals surface area contributed by atoms with E-state index in [1.54, 1.807) is 0 Å². The molecule has 0 unspecified atom stereocenters. The second-order valence-corrected chi connectivity index (χ2v) is 9.11. The van der Waals surface area contributed by atoms with Crippen LogP contribution in [0.2, 0.25) is 0 Å². The first kappa shape index (κ1) is 23.2. The zero-order valence-corrected chi connectivity index (χ0v) is 19.6. The first-order chi connectivity index (χ1) is 15.3. The molecular formula is C31H38. The SMILES string of the molecule is CCCCCC1CCC(C#Cc2ccc(C#Cc3ccc(CCCC)cc3)cc2)CC1. The minimum Gasteiger partial charge on any atom is -0.0945 e. The largest absolute Gasteiger partial charge is 0.0945 e. The lowest BCUT2D eigenvalue weighted by molar-refractivity contribution is 0.294. The van der Waals surface area contributed by atoms with E-state index in [0.29, 0.717) is 5.92 Å². The molecule has 0 atom stereocenters. The van der Waals surface area contributed by atoms with Crippen LogP contribution in [0.3, 0.4) is 0 Å². The fraction of sp³-hybridized carbons (Fsp3) is 0.484. The Morgan fingerprint density at radius 3 is 1.77 bits per heavy atom. The average molecular weight is 411 g/mol. The maximum absolute atomic E-state index is 3.54. The van der Waals surface area contributed by atoms with Gasteiger partial charge in [0, 0.05) is 22.6 Å². The Balaban J connectivity index is 1.48. The van der Waals surface area contributed by atoms with Gasteiger partial charge >= 0.3 is 0 Å². The summed E-state index contributed by atoms with van der Waals surface area (Å²) in [7, 11) is 0. The van der Waals surface area contributed by atoms with Crippen molar-refractivity contribution in [2.75, 3.05) is 0 Å². The third-order valence-corrected chi connectivity index (χ3v) is 6.49. The Morgan fingerprint density at radius 1 is 0.645 bits per heavy atom. The lowest BCUT2D eigenvalue weighted by atomic mass is 9.80. The third-order valence-electron chi connectivity index (χ3n) is 6.49. The van der Waals surface area contributed by atoms with Crippen molar-refractivity contribution in [1.29, 1.82) is 0 Å². The summed E-state index contributed by atoms with van der Waals surface area (Å²) < 4.78 is 0. The van der Waals surface area contributed by atoms with Crippen molar-refractivity contribution in [3.05, 3.63) is 70.8 Å². The standard InChI is InChI=1S/C31H38/c1-3-5-7-9-27-12-16-29(17-13-27)19-21-31-24-22-30(23-25-31)20-18-28-14-10-26(11-15-28)8-6-4-2/h10-11,14-15,22-25,27,29H,3-9,12-13,16-17H2,1-2H3. The van der Waals surface area contributed by atoms with Gasteiger partial charge < -0.3 is 0 Å². The quantitative estimate of drug-likeness (QED) is 0.319. The molecule has 0 N–H and O–H groups in total. The van der Waals surface area contributed by atoms with E-state index in [0.717, 1.165) is 29.0 Å². The van der Waals surface area contributed by atoms with Gasteiger partial charge in [-0.25, -0.2) is 0 Å². The van der Waals surface area contributed by atoms with Gasteiger partial charge in [0.25, 0.3) is 0 Å². The average Bonchev–Trinajstić information content (AvgIpc) is 2.82. The molecule has 0 bridgehead atoms. The highest BCUT2D eigenvalue weighted by molar-refractivity contribution is 5.46. The van der Waals surface area contributed by atoms with Crippen molar-refractivity contribution >= 4 is 0 Å². The molecule has 2 aromatic carbocycles. The molecule has 162 valence electrons. The molecule has 0 aromatic heterocycles. The highest BCUT2D eigenvalue weighted by Crippen LogP contribution is 2.31. The second kappa shape index (κ2) is 13.1. The lowest BCUT2D eigenvalue weighted by Crippen LogP contribution is -2.13. The molecule has 0 heterocycles. The van der Waals surface area contributed by atoms with Crippen LogP contribution >= 0.6 is 0 Å². The molecular weight excluding hydrogens is 372 g/mol. The van der Waals surface area contributed by atoms with Crippen LogP contribution in [0.25, 0.3) is 0 Å². The monoisotopic (exact) mass is 410 g/mol. The number of unbranched alkanes of at least 4 members (excludes halogenated alkanes) is 3. The molecule has 0 heteroatoms. The number of rotatable bonds is 7. The zero-order valence-electron chi connectivity index (χ0n) is 19.6. The molecule has 2 aromatic rings. The summed E-state index contributed by atoms with van der Waals surface area (Å²) in [5.74, 6) is 15.1. The van der Waals surface area contributed by atoms with E-state index in [4.69, 9.17) is 0 Å². The minimum absolute atomic E-state index is 0.585. The summed E-state index contributed by atoms with van der Waals surface area (Å²) in [4.78, 5) is 0. The van der Waals surface area contributed by atoms with Crippen LogP contribution in [0.5, 0.6) is 0 Å². The maximum Gasteiger partial charge on any atom is 0.0249 e. The lowest BCUT2D eigenvalue weighted by Gasteiger charge is -2.25. The number of benzene rings is 2. The van der Waals surface area contributed by atoms with Crippen molar-refractivity contribution in [1.82, 2.24) is 0 Å². The second-order valence-electron chi connectivity index (χ2n) is 9.11. The Morgan fingerprint density at radius 2 is 1.19 bits per heavy atom. The van der Waals surface area contributed by atoms with Crippen LogP contribution < -0.4 is 0 Å². The van der Waals surface area contributed by atoms with Crippen LogP contribution in [-0.4, -0.2) is 0 Å². The summed E-state index contributed by atoms with van der Waals surface area (Å²) in [6.07, 6.45) is 14.5. The van der Waals surface area contributed by atoms with Crippen LogP contribution in [0.15, 0.2) is 48.5 Å². The van der Waals surface area contributed by atoms with Gasteiger partial charge in [0.05, 0.1) is 0 Å². The van der Waals surface area contributed by atoms with Crippen LogP contribution in [0, 0.1) is 35.5 Å². The third kappa shape index (κ3) is 8.31. The van der Waals surface area contributed by atoms with Crippen molar-refractivity contribution in [2.24, 2.45) is 11.8 Å². The van der Waals surface area contributed by atoms with Gasteiger partial charge in [-0.15, -0.1) is 0 Å². The Bertz CT molecular complexity index is 885. The zero-order chi connectivity index (χ0) is 21.7. The maximum atomic E-state index is 3.54. The normalized spacial score (nSPS) is 17.9. The molecule has 1 aliphatic rings. The molecule has 1 aliphatic carbocycles. The molecule has 1 saturated carbocycles. The van der Waals surface area contributed by atoms with Gasteiger partial charge in [-0.2, -0.15) is 0 Å². The van der Waals surface area contributed by atoms with E-state index in [1.165, 1.54) is 69.8 Å². The predicted octanol–water partition coefficient (Wildman–Crippen LogP) is 8.17. The van der Waals surface area contributed by atoms with Crippen molar-refractivity contribution in [2.45, 2.75) is 84.5 Å². The first-order valence-electron chi connectivity index (χ1n) is 12.5. The number of aryl methyl sites for hydroxylation is 1. The summed E-state index contributed by atoms with van der Waals surface area (Å²) in [6.45, 7) is 4.52. The van der Waals surface area contributed by atoms with Crippen LogP contribution in [0.4, 0.5) is 0 Å². The Labute approximate surface area is 190 Å². The topological polar surface area (TPSA) is 0 Å². The van der Waals surface area contributed by atoms with Crippen molar-refractivity contribution in [3.63, 3.8) is 0 Å². The van der Waals surface area contributed by atoms with Gasteiger partial charge in [-0.1, -0.05) is 81.8 Å². The molecule has 0 radical (unpaired) electrons. The molecule has 31 heavy (non-hydrogen) atoms. The van der Waals surface area contributed by atoms with Gasteiger partial charge in [-0.3, -0.25) is 0 Å². The fourth-order valence-electron chi connectivity index (χ4n) is 4.38. The molecule has 0 saturated heterocycles. The number of hydrogen-bond acceptors (Lipinski definition) is 0. The summed E-state index contributed by atoms with van der Waals surface area (Å²) in [5.41, 5.74) is 4.64. The van der Waals surface area contributed by atoms with Gasteiger partial charge in [0.1, 0.15) is 0 Å². The Kier molecular flexibility index (Phi) is 9.80. The fourth-order valence-corrected chi connectivity index (χ4v) is 4.38. The van der Waals surface area contributed by atoms with Crippen LogP contribution in [-0.2, 0) is 6.42 Å². The molecule has 1 fully saturated rings. The van der Waals surface area contributed by atoms with Crippen molar-refractivity contribution < 1.29 is 0 Å². The minimum atomic E-state index is 0.585. The highest BCUT2D eigenvalue weighted by atomic mass is 14.2. The summed E-state index contributed by atoms with van der Waals surface area (Å²) in [6, 6.07) is 17.1. The Hall–Kier alpha value is -2.44. The smallest absolute Gasteiger partial charge is 0.0249 e. The first-order valence-corrected chi connectivity index (χ1v) is 12.5. The van der Waals surface area contributed by atoms with Gasteiger partial charge in [0.15, 0.2) is 0 Å². The van der Waals surface area contributed by atoms with Crippen molar-refractivity contribution in [3.8, 4) is 23.7 Å². The molecule has 0 nitrogen and oxygen atoms in total. The van der Waals surface area contributed by atoms with E-state index < -0.39 is 0 Å². The summed E-state index contributed by atoms with van der Waals surface area (Å²) >= 11 is 0. The van der Waals surface area contributed by atoms with Crippen LogP contribution in [0.1, 0.15) is 100 Å². The van der Waals surface area contributed by atoms with E-state index >= 15 is 0 Å². The number of hydrogen-bond donors (Lipinski definition) is 0. The van der Waals surface area contributed by atoms with E-state index in [2.05, 4.69) is 86.1 Å². The molecule has 0 aliphatic heterocycles. The molecule has 0 amide bonds. The predicted molar refractivity (Wildman–Crippen MR) is 134 cm³/mol. The van der Waals surface area contributed by atoms with E-state index in [1.807, 2.05) is 0 Å². The summed E-state index contributed by atoms with van der Waals surface area (Å²) in [5, 5.41) is 0. The highest BCUT2D eigenvalue weighted by Gasteiger charge is 2.19. The van der Waals surface area contributed by atoms with E-state index in [9.17, 15) is 0 Å². The molecule has 0 spiro atoms. The van der Waals surface area contributed by atoms with Gasteiger partial charge in [-0.05, 0) is 86.4 Å².